The van der Waals surface area contributed by atoms with E-state index in [1.54, 1.807) is 0 Å². The van der Waals surface area contributed by atoms with Gasteiger partial charge in [-0.3, -0.25) is 14.4 Å². The third-order valence-corrected chi connectivity index (χ3v) is 3.39. The molecule has 0 radical (unpaired) electrons. The summed E-state index contributed by atoms with van der Waals surface area (Å²) in [7, 11) is 0. The lowest BCUT2D eigenvalue weighted by molar-refractivity contribution is -0.138. The molecule has 0 aliphatic heterocycles. The van der Waals surface area contributed by atoms with Gasteiger partial charge in [-0.1, -0.05) is 40.2 Å². The Morgan fingerprint density at radius 3 is 2.48 bits per heavy atom. The Balaban J connectivity index is 2.19. The highest BCUT2D eigenvalue weighted by molar-refractivity contribution is 9.11. The number of rotatable bonds is 3. The summed E-state index contributed by atoms with van der Waals surface area (Å²) < 4.78 is 13.3. The fourth-order valence-corrected chi connectivity index (χ4v) is 2.14. The average Bonchev–Trinajstić information content (AvgIpc) is 2.60. The van der Waals surface area contributed by atoms with Gasteiger partial charge in [0.05, 0.1) is 0 Å². The first-order chi connectivity index (χ1) is 9.97. The Morgan fingerprint density at radius 2 is 1.81 bits per heavy atom. The number of Topliss-reactive ketones (excluding diaryl/α,β-unsaturated/α-hetero) is 1. The maximum Gasteiger partial charge on any atom is 0.222 e. The summed E-state index contributed by atoms with van der Waals surface area (Å²) in [5, 5.41) is 0. The number of allylic oxidation sites excluding steroid dienone is 5. The monoisotopic (exact) mass is 348 g/mol. The molecule has 1 aliphatic rings. The van der Waals surface area contributed by atoms with Crippen LogP contribution in [0.25, 0.3) is 6.08 Å². The molecule has 1 aromatic rings. The Hall–Kier alpha value is -2.14. The van der Waals surface area contributed by atoms with E-state index in [0.29, 0.717) is 10.0 Å². The number of benzene rings is 1. The molecule has 0 bridgehead atoms. The van der Waals surface area contributed by atoms with Gasteiger partial charge in [-0.05, 0) is 35.9 Å². The maximum atomic E-state index is 12.8. The number of carbonyl (C=O) groups is 3. The van der Waals surface area contributed by atoms with Crippen molar-refractivity contribution in [2.45, 2.75) is 0 Å². The number of hydrogen-bond donors (Lipinski definition) is 0. The minimum absolute atomic E-state index is 0.374. The molecule has 21 heavy (non-hydrogen) atoms. The number of halogens is 2. The van der Waals surface area contributed by atoms with E-state index < -0.39 is 23.3 Å². The van der Waals surface area contributed by atoms with Crippen molar-refractivity contribution < 1.29 is 18.8 Å². The van der Waals surface area contributed by atoms with Gasteiger partial charge in [-0.25, -0.2) is 4.39 Å². The quantitative estimate of drug-likeness (QED) is 0.479. The summed E-state index contributed by atoms with van der Waals surface area (Å²) in [5.74, 6) is -3.50. The molecular formula is C16H10BrFO3. The second-order valence-electron chi connectivity index (χ2n) is 4.38. The van der Waals surface area contributed by atoms with E-state index in [1.165, 1.54) is 48.6 Å². The summed E-state index contributed by atoms with van der Waals surface area (Å²) in [5.41, 5.74) is 0.623. The molecule has 0 heterocycles. The minimum atomic E-state index is -1.14. The highest BCUT2D eigenvalue weighted by Crippen LogP contribution is 2.18. The molecule has 2 rings (SSSR count). The zero-order chi connectivity index (χ0) is 15.4. The molecule has 3 nitrogen and oxygen atoms in total. The second kappa shape index (κ2) is 6.54. The van der Waals surface area contributed by atoms with Crippen molar-refractivity contribution in [2.24, 2.45) is 5.92 Å². The van der Waals surface area contributed by atoms with Crippen LogP contribution in [0.1, 0.15) is 5.56 Å². The van der Waals surface area contributed by atoms with Crippen molar-refractivity contribution in [3.8, 4) is 0 Å². The van der Waals surface area contributed by atoms with E-state index >= 15 is 0 Å². The van der Waals surface area contributed by atoms with Crippen LogP contribution in [0.5, 0.6) is 0 Å². The third kappa shape index (κ3) is 3.92. The molecule has 0 fully saturated rings. The highest BCUT2D eigenvalue weighted by Gasteiger charge is 2.28. The van der Waals surface area contributed by atoms with Gasteiger partial charge in [0.25, 0.3) is 0 Å². The first-order valence-corrected chi connectivity index (χ1v) is 6.88. The third-order valence-electron chi connectivity index (χ3n) is 2.86. The normalized spacial score (nSPS) is 18.8. The van der Waals surface area contributed by atoms with E-state index in [9.17, 15) is 18.8 Å². The zero-order valence-electron chi connectivity index (χ0n) is 10.8. The van der Waals surface area contributed by atoms with Gasteiger partial charge >= 0.3 is 0 Å². The summed E-state index contributed by atoms with van der Waals surface area (Å²) in [6.07, 6.45) is 6.63. The number of ketones is 3. The molecule has 1 atom stereocenters. The van der Waals surface area contributed by atoms with E-state index in [0.717, 1.165) is 6.08 Å². The van der Waals surface area contributed by atoms with Crippen LogP contribution in [-0.2, 0) is 14.4 Å². The lowest BCUT2D eigenvalue weighted by Crippen LogP contribution is -2.26. The highest BCUT2D eigenvalue weighted by atomic mass is 79.9. The topological polar surface area (TPSA) is 51.2 Å². The molecule has 0 aromatic heterocycles. The van der Waals surface area contributed by atoms with Crippen LogP contribution < -0.4 is 0 Å². The smallest absolute Gasteiger partial charge is 0.222 e. The van der Waals surface area contributed by atoms with E-state index in [4.69, 9.17) is 0 Å². The summed E-state index contributed by atoms with van der Waals surface area (Å²) in [6, 6.07) is 5.55. The largest absolute Gasteiger partial charge is 0.294 e. The molecule has 0 amide bonds. The van der Waals surface area contributed by atoms with Gasteiger partial charge < -0.3 is 0 Å². The molecule has 0 spiro atoms. The van der Waals surface area contributed by atoms with Crippen LogP contribution in [0, 0.1) is 11.7 Å². The first kappa shape index (κ1) is 15.3. The average molecular weight is 349 g/mol. The van der Waals surface area contributed by atoms with Gasteiger partial charge in [0.15, 0.2) is 5.78 Å². The van der Waals surface area contributed by atoms with Crippen molar-refractivity contribution in [2.75, 3.05) is 0 Å². The molecule has 1 unspecified atom stereocenters. The molecule has 0 saturated heterocycles. The van der Waals surface area contributed by atoms with E-state index in [2.05, 4.69) is 15.9 Å². The molecule has 106 valence electrons. The maximum absolute atomic E-state index is 12.8. The Bertz CT molecular complexity index is 684. The lowest BCUT2D eigenvalue weighted by atomic mass is 9.96. The summed E-state index contributed by atoms with van der Waals surface area (Å²) >= 11 is 3.16. The van der Waals surface area contributed by atoms with Gasteiger partial charge in [-0.15, -0.1) is 0 Å². The second-order valence-corrected chi connectivity index (χ2v) is 5.29. The van der Waals surface area contributed by atoms with Crippen molar-refractivity contribution in [3.05, 3.63) is 64.4 Å². The molecule has 0 saturated carbocycles. The fraction of sp³-hybridized carbons (Fsp3) is 0.0625. The Kier molecular flexibility index (Phi) is 4.75. The molecule has 1 aliphatic carbocycles. The molecular weight excluding hydrogens is 339 g/mol. The van der Waals surface area contributed by atoms with Crippen LogP contribution in [0.15, 0.2) is 53.1 Å². The van der Waals surface area contributed by atoms with E-state index in [-0.39, 0.29) is 5.82 Å². The fourth-order valence-electron chi connectivity index (χ4n) is 1.75. The van der Waals surface area contributed by atoms with Crippen LogP contribution in [0.4, 0.5) is 4.39 Å². The van der Waals surface area contributed by atoms with Crippen molar-refractivity contribution in [3.63, 3.8) is 0 Å². The predicted octanol–water partition coefficient (Wildman–Crippen LogP) is 3.01. The zero-order valence-corrected chi connectivity index (χ0v) is 12.3. The van der Waals surface area contributed by atoms with Crippen LogP contribution in [0.3, 0.4) is 0 Å². The predicted molar refractivity (Wildman–Crippen MR) is 80.1 cm³/mol. The Morgan fingerprint density at radius 1 is 1.14 bits per heavy atom. The first-order valence-electron chi connectivity index (χ1n) is 6.08. The SMILES string of the molecule is O=C1C=CC(Br)=CC(C(=O)/C=C/c2ccc(F)cc2)C1=O. The van der Waals surface area contributed by atoms with E-state index in [1.807, 2.05) is 0 Å². The molecule has 1 aromatic carbocycles. The summed E-state index contributed by atoms with van der Waals surface area (Å²) in [4.78, 5) is 35.4. The lowest BCUT2D eigenvalue weighted by Gasteiger charge is -2.04. The van der Waals surface area contributed by atoms with Gasteiger partial charge in [0.1, 0.15) is 11.7 Å². The van der Waals surface area contributed by atoms with Gasteiger partial charge in [-0.2, -0.15) is 0 Å². The van der Waals surface area contributed by atoms with Crippen molar-refractivity contribution in [1.82, 2.24) is 0 Å². The number of hydrogen-bond acceptors (Lipinski definition) is 3. The van der Waals surface area contributed by atoms with Crippen LogP contribution in [-0.4, -0.2) is 17.3 Å². The molecule has 5 heteroatoms. The van der Waals surface area contributed by atoms with Gasteiger partial charge in [0, 0.05) is 4.48 Å². The standard InChI is InChI=1S/C16H10BrFO3/c17-11-4-8-15(20)16(21)13(9-11)14(19)7-3-10-1-5-12(18)6-2-10/h1-9,13H/b7-3+. The van der Waals surface area contributed by atoms with Crippen LogP contribution >= 0.6 is 15.9 Å². The number of carbonyl (C=O) groups excluding carboxylic acids is 3. The van der Waals surface area contributed by atoms with Crippen molar-refractivity contribution >= 4 is 39.4 Å². The molecule has 0 N–H and O–H groups in total. The minimum Gasteiger partial charge on any atom is -0.294 e. The van der Waals surface area contributed by atoms with Crippen LogP contribution in [0.2, 0.25) is 0 Å². The van der Waals surface area contributed by atoms with Gasteiger partial charge in [0.2, 0.25) is 11.6 Å². The Labute approximate surface area is 129 Å². The van der Waals surface area contributed by atoms with Crippen molar-refractivity contribution in [1.29, 1.82) is 0 Å². The summed E-state index contributed by atoms with van der Waals surface area (Å²) in [6.45, 7) is 0.